The Morgan fingerprint density at radius 2 is 2.17 bits per heavy atom. The quantitative estimate of drug-likeness (QED) is 0.797. The largest absolute Gasteiger partial charge is 0.480 e. The van der Waals surface area contributed by atoms with Crippen molar-refractivity contribution in [2.45, 2.75) is 51.4 Å². The second-order valence-corrected chi connectivity index (χ2v) is 4.66. The maximum atomic E-state index is 11.2. The molecule has 1 aliphatic heterocycles. The fourth-order valence-corrected chi connectivity index (χ4v) is 2.40. The second-order valence-electron chi connectivity index (χ2n) is 4.66. The van der Waals surface area contributed by atoms with E-state index < -0.39 is 18.1 Å². The van der Waals surface area contributed by atoms with Gasteiger partial charge in [0.2, 0.25) is 0 Å². The zero-order valence-electron chi connectivity index (χ0n) is 11.0. The molecule has 6 nitrogen and oxygen atoms in total. The minimum Gasteiger partial charge on any atom is -0.480 e. The normalized spacial score (nSPS) is 29.4. The van der Waals surface area contributed by atoms with Gasteiger partial charge in [0.25, 0.3) is 0 Å². The average Bonchev–Trinajstić information content (AvgIpc) is 2.34. The number of carbonyl (C=O) groups excluding carboxylic acids is 1. The molecule has 1 rings (SSSR count). The van der Waals surface area contributed by atoms with Gasteiger partial charge >= 0.3 is 12.1 Å². The number of hydrogen-bond donors (Lipinski definition) is 2. The first-order valence-corrected chi connectivity index (χ1v) is 6.20. The minimum atomic E-state index is -1.03. The Labute approximate surface area is 107 Å². The van der Waals surface area contributed by atoms with E-state index in [2.05, 4.69) is 10.1 Å². The lowest BCUT2D eigenvalue weighted by Crippen LogP contribution is -2.49. The Hall–Kier alpha value is -1.30. The van der Waals surface area contributed by atoms with Crippen molar-refractivity contribution in [3.05, 3.63) is 0 Å². The lowest BCUT2D eigenvalue weighted by molar-refractivity contribution is -0.143. The van der Waals surface area contributed by atoms with Crippen LogP contribution in [0.1, 0.15) is 33.1 Å². The van der Waals surface area contributed by atoms with Gasteiger partial charge in [-0.25, -0.2) is 9.59 Å². The van der Waals surface area contributed by atoms with Crippen molar-refractivity contribution in [2.24, 2.45) is 5.92 Å². The molecule has 2 N–H and O–H groups in total. The van der Waals surface area contributed by atoms with Crippen LogP contribution in [0.25, 0.3) is 0 Å². The van der Waals surface area contributed by atoms with Gasteiger partial charge < -0.3 is 19.9 Å². The van der Waals surface area contributed by atoms with Crippen LogP contribution >= 0.6 is 0 Å². The molecule has 0 aromatic carbocycles. The van der Waals surface area contributed by atoms with Crippen molar-refractivity contribution in [1.82, 2.24) is 5.32 Å². The van der Waals surface area contributed by atoms with E-state index in [9.17, 15) is 14.7 Å². The number of amides is 1. The first kappa shape index (κ1) is 14.8. The first-order chi connectivity index (χ1) is 8.47. The predicted molar refractivity (Wildman–Crippen MR) is 64.3 cm³/mol. The van der Waals surface area contributed by atoms with E-state index in [1.807, 2.05) is 13.8 Å². The Kier molecular flexibility index (Phi) is 5.40. The third-order valence-corrected chi connectivity index (χ3v) is 3.28. The fourth-order valence-electron chi connectivity index (χ4n) is 2.40. The van der Waals surface area contributed by atoms with Crippen molar-refractivity contribution in [3.8, 4) is 0 Å². The summed E-state index contributed by atoms with van der Waals surface area (Å²) in [4.78, 5) is 22.4. The summed E-state index contributed by atoms with van der Waals surface area (Å²) in [5.74, 6) is -1.16. The fraction of sp³-hybridized carbons (Fsp3) is 0.833. The molecule has 0 aliphatic carbocycles. The van der Waals surface area contributed by atoms with Crippen LogP contribution in [-0.4, -0.2) is 42.5 Å². The smallest absolute Gasteiger partial charge is 0.407 e. The third kappa shape index (κ3) is 3.87. The van der Waals surface area contributed by atoms with Gasteiger partial charge in [0.05, 0.1) is 19.3 Å². The Bertz CT molecular complexity index is 307. The lowest BCUT2D eigenvalue weighted by Gasteiger charge is -2.36. The molecule has 0 aromatic heterocycles. The standard InChI is InChI=1S/C12H21NO5/c1-4-9-6-8(5-7(2)18-9)10(11(14)15)13-12(16)17-3/h7-10H,4-6H2,1-3H3,(H,13,16)(H,14,15)/t7-,8-,9-,10?/m1/s1. The zero-order chi connectivity index (χ0) is 13.7. The highest BCUT2D eigenvalue weighted by Crippen LogP contribution is 2.29. The molecule has 1 aliphatic rings. The van der Waals surface area contributed by atoms with Gasteiger partial charge in [-0.1, -0.05) is 6.92 Å². The molecule has 0 bridgehead atoms. The SMILES string of the molecule is CC[C@@H]1C[C@H](C(NC(=O)OC)C(=O)O)C[C@@H](C)O1. The Balaban J connectivity index is 2.72. The summed E-state index contributed by atoms with van der Waals surface area (Å²) in [6.45, 7) is 3.93. The summed E-state index contributed by atoms with van der Waals surface area (Å²) in [5.41, 5.74) is 0. The third-order valence-electron chi connectivity index (χ3n) is 3.28. The van der Waals surface area contributed by atoms with Crippen molar-refractivity contribution in [1.29, 1.82) is 0 Å². The van der Waals surface area contributed by atoms with Crippen LogP contribution in [0.2, 0.25) is 0 Å². The molecule has 0 radical (unpaired) electrons. The van der Waals surface area contributed by atoms with Crippen molar-refractivity contribution >= 4 is 12.1 Å². The molecule has 1 amide bonds. The molecule has 104 valence electrons. The molecular weight excluding hydrogens is 238 g/mol. The topological polar surface area (TPSA) is 84.9 Å². The molecule has 0 saturated carbocycles. The highest BCUT2D eigenvalue weighted by Gasteiger charge is 2.36. The maximum absolute atomic E-state index is 11.2. The van der Waals surface area contributed by atoms with Crippen molar-refractivity contribution in [2.75, 3.05) is 7.11 Å². The van der Waals surface area contributed by atoms with Gasteiger partial charge in [-0.15, -0.1) is 0 Å². The number of alkyl carbamates (subject to hydrolysis) is 1. The number of carboxylic acids is 1. The van der Waals surface area contributed by atoms with Crippen molar-refractivity contribution < 1.29 is 24.2 Å². The molecule has 1 unspecified atom stereocenters. The number of methoxy groups -OCH3 is 1. The zero-order valence-corrected chi connectivity index (χ0v) is 11.0. The summed E-state index contributed by atoms with van der Waals surface area (Å²) in [6.07, 6.45) is 1.45. The van der Waals surface area contributed by atoms with Crippen LogP contribution in [0.4, 0.5) is 4.79 Å². The van der Waals surface area contributed by atoms with E-state index in [0.29, 0.717) is 12.8 Å². The molecule has 6 heteroatoms. The van der Waals surface area contributed by atoms with Crippen LogP contribution in [0, 0.1) is 5.92 Å². The molecular formula is C12H21NO5. The summed E-state index contributed by atoms with van der Waals surface area (Å²) in [7, 11) is 1.22. The highest BCUT2D eigenvalue weighted by atomic mass is 16.5. The lowest BCUT2D eigenvalue weighted by atomic mass is 9.85. The Morgan fingerprint density at radius 3 is 2.67 bits per heavy atom. The molecule has 0 aromatic rings. The van der Waals surface area contributed by atoms with Crippen LogP contribution in [0.3, 0.4) is 0 Å². The van der Waals surface area contributed by atoms with Gasteiger partial charge in [-0.05, 0) is 32.1 Å². The van der Waals surface area contributed by atoms with E-state index in [1.54, 1.807) is 0 Å². The number of carbonyl (C=O) groups is 2. The molecule has 4 atom stereocenters. The van der Waals surface area contributed by atoms with E-state index in [4.69, 9.17) is 4.74 Å². The number of carboxylic acid groups (broad SMARTS) is 1. The van der Waals surface area contributed by atoms with Crippen LogP contribution in [0.5, 0.6) is 0 Å². The van der Waals surface area contributed by atoms with Crippen LogP contribution < -0.4 is 5.32 Å². The number of rotatable bonds is 4. The van der Waals surface area contributed by atoms with Gasteiger partial charge in [0, 0.05) is 0 Å². The number of aliphatic carboxylic acids is 1. The van der Waals surface area contributed by atoms with Gasteiger partial charge in [-0.2, -0.15) is 0 Å². The average molecular weight is 259 g/mol. The highest BCUT2D eigenvalue weighted by molar-refractivity contribution is 5.80. The van der Waals surface area contributed by atoms with E-state index >= 15 is 0 Å². The molecule has 1 fully saturated rings. The van der Waals surface area contributed by atoms with E-state index in [0.717, 1.165) is 6.42 Å². The van der Waals surface area contributed by atoms with Crippen LogP contribution in [-0.2, 0) is 14.3 Å². The van der Waals surface area contributed by atoms with E-state index in [-0.39, 0.29) is 18.1 Å². The summed E-state index contributed by atoms with van der Waals surface area (Å²) in [6, 6.07) is -0.919. The van der Waals surface area contributed by atoms with Gasteiger partial charge in [0.15, 0.2) is 0 Å². The second kappa shape index (κ2) is 6.58. The Morgan fingerprint density at radius 1 is 1.50 bits per heavy atom. The van der Waals surface area contributed by atoms with Crippen LogP contribution in [0.15, 0.2) is 0 Å². The van der Waals surface area contributed by atoms with Crippen molar-refractivity contribution in [3.63, 3.8) is 0 Å². The summed E-state index contributed by atoms with van der Waals surface area (Å²) < 4.78 is 10.1. The number of hydrogen-bond acceptors (Lipinski definition) is 4. The monoisotopic (exact) mass is 259 g/mol. The summed E-state index contributed by atoms with van der Waals surface area (Å²) >= 11 is 0. The summed E-state index contributed by atoms with van der Waals surface area (Å²) in [5, 5.41) is 11.6. The molecule has 18 heavy (non-hydrogen) atoms. The first-order valence-electron chi connectivity index (χ1n) is 6.20. The van der Waals surface area contributed by atoms with Gasteiger partial charge in [0.1, 0.15) is 6.04 Å². The number of nitrogens with one attached hydrogen (secondary N) is 1. The maximum Gasteiger partial charge on any atom is 0.407 e. The van der Waals surface area contributed by atoms with E-state index in [1.165, 1.54) is 7.11 Å². The molecule has 1 saturated heterocycles. The predicted octanol–water partition coefficient (Wildman–Crippen LogP) is 1.39. The molecule has 0 spiro atoms. The number of ether oxygens (including phenoxy) is 2. The molecule has 1 heterocycles. The minimum absolute atomic E-state index is 0.00926. The van der Waals surface area contributed by atoms with Gasteiger partial charge in [-0.3, -0.25) is 0 Å².